The molecule has 1 aliphatic rings. The third kappa shape index (κ3) is 3.20. The maximum absolute atomic E-state index is 12.5. The molecule has 1 N–H and O–H groups in total. The highest BCUT2D eigenvalue weighted by molar-refractivity contribution is 5.93. The highest BCUT2D eigenvalue weighted by Gasteiger charge is 2.30. The molecule has 1 atom stereocenters. The number of likely N-dealkylation sites (tertiary alicyclic amines) is 1. The number of H-pyrrole nitrogens is 1. The van der Waals surface area contributed by atoms with E-state index in [-0.39, 0.29) is 11.9 Å². The molecule has 1 aromatic heterocycles. The van der Waals surface area contributed by atoms with E-state index >= 15 is 0 Å². The van der Waals surface area contributed by atoms with E-state index in [2.05, 4.69) is 39.4 Å². The Morgan fingerprint density at radius 3 is 2.91 bits per heavy atom. The number of carbonyl (C=O) groups is 1. The van der Waals surface area contributed by atoms with Gasteiger partial charge in [-0.15, -0.1) is 0 Å². The van der Waals surface area contributed by atoms with E-state index in [1.54, 1.807) is 12.4 Å². The van der Waals surface area contributed by atoms with Crippen molar-refractivity contribution in [3.05, 3.63) is 53.9 Å². The van der Waals surface area contributed by atoms with E-state index < -0.39 is 0 Å². The van der Waals surface area contributed by atoms with Crippen LogP contribution in [0.4, 0.5) is 0 Å². The fourth-order valence-corrected chi connectivity index (χ4v) is 3.15. The van der Waals surface area contributed by atoms with Gasteiger partial charge in [0.05, 0.1) is 11.8 Å². The first kappa shape index (κ1) is 14.8. The fourth-order valence-electron chi connectivity index (χ4n) is 3.15. The molecule has 1 aromatic carbocycles. The van der Waals surface area contributed by atoms with Crippen LogP contribution in [0.25, 0.3) is 0 Å². The van der Waals surface area contributed by atoms with Crippen LogP contribution in [0.5, 0.6) is 0 Å². The Morgan fingerprint density at radius 2 is 2.23 bits per heavy atom. The normalized spacial score (nSPS) is 18.5. The first-order valence-corrected chi connectivity index (χ1v) is 7.84. The van der Waals surface area contributed by atoms with Crippen molar-refractivity contribution in [2.75, 3.05) is 19.6 Å². The molecule has 22 heavy (non-hydrogen) atoms. The van der Waals surface area contributed by atoms with Crippen molar-refractivity contribution in [3.63, 3.8) is 0 Å². The van der Waals surface area contributed by atoms with E-state index in [1.165, 1.54) is 5.56 Å². The van der Waals surface area contributed by atoms with Crippen LogP contribution in [0.2, 0.25) is 0 Å². The number of carbonyl (C=O) groups excluding carboxylic acids is 1. The Bertz CT molecular complexity index is 596. The molecule has 5 heteroatoms. The second kappa shape index (κ2) is 6.75. The summed E-state index contributed by atoms with van der Waals surface area (Å²) >= 11 is 0. The summed E-state index contributed by atoms with van der Waals surface area (Å²) in [7, 11) is 0. The van der Waals surface area contributed by atoms with Gasteiger partial charge < -0.3 is 4.90 Å². The molecule has 1 fully saturated rings. The highest BCUT2D eigenvalue weighted by Crippen LogP contribution is 2.19. The molecule has 2 aromatic rings. The monoisotopic (exact) mass is 298 g/mol. The first-order valence-electron chi connectivity index (χ1n) is 7.84. The number of hydrogen-bond acceptors (Lipinski definition) is 3. The zero-order chi connectivity index (χ0) is 15.4. The summed E-state index contributed by atoms with van der Waals surface area (Å²) in [4.78, 5) is 16.9. The molecule has 116 valence electrons. The number of nitrogens with one attached hydrogen (secondary N) is 1. The SMILES string of the molecule is CCN(C(=O)c1cn[nH]c1)[C@H]1CCN(Cc2ccccc2)C1. The van der Waals surface area contributed by atoms with E-state index in [9.17, 15) is 4.79 Å². The van der Waals surface area contributed by atoms with Crippen molar-refractivity contribution in [2.45, 2.75) is 25.9 Å². The smallest absolute Gasteiger partial charge is 0.257 e. The largest absolute Gasteiger partial charge is 0.335 e. The summed E-state index contributed by atoms with van der Waals surface area (Å²) in [5.74, 6) is 0.0720. The van der Waals surface area contributed by atoms with Crippen molar-refractivity contribution in [1.29, 1.82) is 0 Å². The first-order chi connectivity index (χ1) is 10.8. The van der Waals surface area contributed by atoms with E-state index in [0.717, 1.165) is 32.6 Å². The topological polar surface area (TPSA) is 52.2 Å². The molecule has 0 saturated carbocycles. The van der Waals surface area contributed by atoms with Crippen LogP contribution in [-0.4, -0.2) is 51.6 Å². The molecule has 1 saturated heterocycles. The van der Waals surface area contributed by atoms with Gasteiger partial charge in [-0.25, -0.2) is 0 Å². The number of nitrogens with zero attached hydrogens (tertiary/aromatic N) is 3. The summed E-state index contributed by atoms with van der Waals surface area (Å²) in [5.41, 5.74) is 1.97. The summed E-state index contributed by atoms with van der Waals surface area (Å²) in [5, 5.41) is 6.59. The Kier molecular flexibility index (Phi) is 4.53. The van der Waals surface area contributed by atoms with E-state index in [1.807, 2.05) is 17.9 Å². The van der Waals surface area contributed by atoms with Gasteiger partial charge in [-0.3, -0.25) is 14.8 Å². The van der Waals surface area contributed by atoms with Gasteiger partial charge in [0, 0.05) is 38.4 Å². The van der Waals surface area contributed by atoms with Crippen LogP contribution < -0.4 is 0 Å². The zero-order valence-electron chi connectivity index (χ0n) is 12.9. The van der Waals surface area contributed by atoms with Crippen LogP contribution in [-0.2, 0) is 6.54 Å². The minimum atomic E-state index is 0.0720. The molecule has 5 nitrogen and oxygen atoms in total. The van der Waals surface area contributed by atoms with Crippen LogP contribution in [0, 0.1) is 0 Å². The number of hydrogen-bond donors (Lipinski definition) is 1. The van der Waals surface area contributed by atoms with Gasteiger partial charge >= 0.3 is 0 Å². The Balaban J connectivity index is 1.62. The molecular formula is C17H22N4O. The van der Waals surface area contributed by atoms with Crippen molar-refractivity contribution in [1.82, 2.24) is 20.0 Å². The third-order valence-electron chi connectivity index (χ3n) is 4.28. The molecule has 0 aliphatic carbocycles. The summed E-state index contributed by atoms with van der Waals surface area (Å²) in [6.45, 7) is 5.70. The van der Waals surface area contributed by atoms with Gasteiger partial charge in [0.15, 0.2) is 0 Å². The third-order valence-corrected chi connectivity index (χ3v) is 4.28. The van der Waals surface area contributed by atoms with Crippen molar-refractivity contribution >= 4 is 5.91 Å². The maximum atomic E-state index is 12.5. The van der Waals surface area contributed by atoms with Gasteiger partial charge in [-0.05, 0) is 18.9 Å². The predicted octanol–water partition coefficient (Wildman–Crippen LogP) is 2.15. The number of amides is 1. The van der Waals surface area contributed by atoms with E-state index in [0.29, 0.717) is 5.56 Å². The number of rotatable bonds is 5. The average Bonchev–Trinajstić information content (AvgIpc) is 3.21. The molecular weight excluding hydrogens is 276 g/mol. The van der Waals surface area contributed by atoms with Crippen molar-refractivity contribution < 1.29 is 4.79 Å². The lowest BCUT2D eigenvalue weighted by molar-refractivity contribution is 0.0693. The molecule has 0 radical (unpaired) electrons. The lowest BCUT2D eigenvalue weighted by Crippen LogP contribution is -2.41. The van der Waals surface area contributed by atoms with Gasteiger partial charge in [0.1, 0.15) is 0 Å². The molecule has 1 amide bonds. The van der Waals surface area contributed by atoms with Crippen LogP contribution >= 0.6 is 0 Å². The van der Waals surface area contributed by atoms with Crippen LogP contribution in [0.3, 0.4) is 0 Å². The van der Waals surface area contributed by atoms with Gasteiger partial charge in [0.25, 0.3) is 5.91 Å². The fraction of sp³-hybridized carbons (Fsp3) is 0.412. The summed E-state index contributed by atoms with van der Waals surface area (Å²) in [6, 6.07) is 10.8. The molecule has 0 unspecified atom stereocenters. The van der Waals surface area contributed by atoms with Gasteiger partial charge in [-0.1, -0.05) is 30.3 Å². The van der Waals surface area contributed by atoms with Crippen LogP contribution in [0.15, 0.2) is 42.7 Å². The number of benzene rings is 1. The summed E-state index contributed by atoms with van der Waals surface area (Å²) in [6.07, 6.45) is 4.30. The molecule has 2 heterocycles. The summed E-state index contributed by atoms with van der Waals surface area (Å²) < 4.78 is 0. The molecule has 0 bridgehead atoms. The number of aromatic nitrogens is 2. The standard InChI is InChI=1S/C17H22N4O/c1-2-21(17(22)15-10-18-19-11-15)16-8-9-20(13-16)12-14-6-4-3-5-7-14/h3-7,10-11,16H,2,8-9,12-13H2,1H3,(H,18,19)/t16-/m0/s1. The minimum absolute atomic E-state index is 0.0720. The second-order valence-electron chi connectivity index (χ2n) is 5.74. The van der Waals surface area contributed by atoms with Gasteiger partial charge in [-0.2, -0.15) is 5.10 Å². The quantitative estimate of drug-likeness (QED) is 0.920. The molecule has 0 spiro atoms. The highest BCUT2D eigenvalue weighted by atomic mass is 16.2. The number of aromatic amines is 1. The predicted molar refractivity (Wildman–Crippen MR) is 85.4 cm³/mol. The zero-order valence-corrected chi connectivity index (χ0v) is 12.9. The number of likely N-dealkylation sites (N-methyl/N-ethyl adjacent to an activating group) is 1. The van der Waals surface area contributed by atoms with Gasteiger partial charge in [0.2, 0.25) is 0 Å². The Labute approximate surface area is 130 Å². The Hall–Kier alpha value is -2.14. The van der Waals surface area contributed by atoms with Crippen LogP contribution in [0.1, 0.15) is 29.3 Å². The van der Waals surface area contributed by atoms with E-state index in [4.69, 9.17) is 0 Å². The second-order valence-corrected chi connectivity index (χ2v) is 5.74. The lowest BCUT2D eigenvalue weighted by atomic mass is 10.2. The molecule has 3 rings (SSSR count). The average molecular weight is 298 g/mol. The van der Waals surface area contributed by atoms with Crippen molar-refractivity contribution in [2.24, 2.45) is 0 Å². The van der Waals surface area contributed by atoms with Crippen molar-refractivity contribution in [3.8, 4) is 0 Å². The maximum Gasteiger partial charge on any atom is 0.257 e. The molecule has 1 aliphatic heterocycles. The lowest BCUT2D eigenvalue weighted by Gasteiger charge is -2.27. The Morgan fingerprint density at radius 1 is 1.41 bits per heavy atom. The minimum Gasteiger partial charge on any atom is -0.335 e.